The lowest BCUT2D eigenvalue weighted by Gasteiger charge is -2.10. The standard InChI is InChI=1S/C11H14N2O4/c1-7(14)13-11-4-3-9(5-12-11)10(16)6-17-8(2)15/h3-5,10,16H,6H2,1-2H3,(H,12,13,14)/t10-/m1/s1. The maximum absolute atomic E-state index is 10.8. The fourth-order valence-electron chi connectivity index (χ4n) is 1.15. The van der Waals surface area contributed by atoms with E-state index < -0.39 is 12.1 Å². The van der Waals surface area contributed by atoms with Crippen molar-refractivity contribution in [1.29, 1.82) is 0 Å². The van der Waals surface area contributed by atoms with Crippen LogP contribution in [0.5, 0.6) is 0 Å². The number of hydrogen-bond acceptors (Lipinski definition) is 5. The lowest BCUT2D eigenvalue weighted by molar-refractivity contribution is -0.144. The van der Waals surface area contributed by atoms with Crippen LogP contribution in [0, 0.1) is 0 Å². The number of hydrogen-bond donors (Lipinski definition) is 2. The third-order valence-corrected chi connectivity index (χ3v) is 1.92. The Balaban J connectivity index is 2.60. The summed E-state index contributed by atoms with van der Waals surface area (Å²) in [4.78, 5) is 25.2. The molecule has 1 rings (SSSR count). The maximum Gasteiger partial charge on any atom is 0.302 e. The SMILES string of the molecule is CC(=O)Nc1ccc([C@H](O)COC(C)=O)cn1. The summed E-state index contributed by atoms with van der Waals surface area (Å²) in [5, 5.41) is 12.1. The summed E-state index contributed by atoms with van der Waals surface area (Å²) in [5.74, 6) is -0.265. The van der Waals surface area contributed by atoms with Crippen molar-refractivity contribution in [3.8, 4) is 0 Å². The number of nitrogens with zero attached hydrogens (tertiary/aromatic N) is 1. The van der Waals surface area contributed by atoms with Crippen LogP contribution in [0.1, 0.15) is 25.5 Å². The Labute approximate surface area is 98.6 Å². The number of aliphatic hydroxyl groups is 1. The molecule has 1 aromatic rings. The minimum atomic E-state index is -0.919. The summed E-state index contributed by atoms with van der Waals surface area (Å²) in [5.41, 5.74) is 0.514. The second-order valence-electron chi connectivity index (χ2n) is 3.48. The van der Waals surface area contributed by atoms with Crippen molar-refractivity contribution in [2.45, 2.75) is 20.0 Å². The molecule has 0 aliphatic heterocycles. The van der Waals surface area contributed by atoms with E-state index in [0.717, 1.165) is 0 Å². The number of nitrogens with one attached hydrogen (secondary N) is 1. The number of aliphatic hydroxyl groups excluding tert-OH is 1. The van der Waals surface area contributed by atoms with Crippen LogP contribution in [0.3, 0.4) is 0 Å². The number of ether oxygens (including phenoxy) is 1. The largest absolute Gasteiger partial charge is 0.463 e. The summed E-state index contributed by atoms with van der Waals surface area (Å²) < 4.78 is 4.67. The highest BCUT2D eigenvalue weighted by Crippen LogP contribution is 2.14. The maximum atomic E-state index is 10.8. The van der Waals surface area contributed by atoms with E-state index in [1.807, 2.05) is 0 Å². The van der Waals surface area contributed by atoms with E-state index >= 15 is 0 Å². The van der Waals surface area contributed by atoms with Crippen LogP contribution in [-0.4, -0.2) is 28.6 Å². The van der Waals surface area contributed by atoms with Gasteiger partial charge in [0.05, 0.1) is 0 Å². The first-order valence-electron chi connectivity index (χ1n) is 5.04. The van der Waals surface area contributed by atoms with E-state index in [0.29, 0.717) is 11.4 Å². The van der Waals surface area contributed by atoms with Crippen molar-refractivity contribution in [2.75, 3.05) is 11.9 Å². The third-order valence-electron chi connectivity index (χ3n) is 1.92. The number of anilines is 1. The second kappa shape index (κ2) is 5.95. The van der Waals surface area contributed by atoms with Gasteiger partial charge >= 0.3 is 5.97 Å². The lowest BCUT2D eigenvalue weighted by atomic mass is 10.2. The molecule has 0 saturated heterocycles. The Hall–Kier alpha value is -1.95. The molecule has 0 unspecified atom stereocenters. The van der Waals surface area contributed by atoms with Crippen LogP contribution in [0.4, 0.5) is 5.82 Å². The molecule has 6 nitrogen and oxygen atoms in total. The van der Waals surface area contributed by atoms with Crippen molar-refractivity contribution in [1.82, 2.24) is 4.98 Å². The zero-order valence-corrected chi connectivity index (χ0v) is 9.64. The number of amides is 1. The summed E-state index contributed by atoms with van der Waals surface area (Å²) in [6, 6.07) is 3.17. The van der Waals surface area contributed by atoms with E-state index in [4.69, 9.17) is 0 Å². The molecule has 17 heavy (non-hydrogen) atoms. The first kappa shape index (κ1) is 13.1. The molecule has 1 amide bonds. The summed E-state index contributed by atoms with van der Waals surface area (Å²) in [6.07, 6.45) is 0.497. The minimum absolute atomic E-state index is 0.115. The molecule has 92 valence electrons. The molecule has 0 aliphatic rings. The molecule has 0 aromatic carbocycles. The topological polar surface area (TPSA) is 88.5 Å². The Morgan fingerprint density at radius 2 is 2.18 bits per heavy atom. The van der Waals surface area contributed by atoms with E-state index in [9.17, 15) is 14.7 Å². The molecule has 0 bridgehead atoms. The van der Waals surface area contributed by atoms with E-state index in [1.54, 1.807) is 12.1 Å². The molecule has 1 heterocycles. The first-order valence-corrected chi connectivity index (χ1v) is 5.04. The quantitative estimate of drug-likeness (QED) is 0.751. The smallest absolute Gasteiger partial charge is 0.302 e. The van der Waals surface area contributed by atoms with Gasteiger partial charge in [-0.2, -0.15) is 0 Å². The van der Waals surface area contributed by atoms with Crippen LogP contribution in [0.15, 0.2) is 18.3 Å². The minimum Gasteiger partial charge on any atom is -0.463 e. The summed E-state index contributed by atoms with van der Waals surface area (Å²) in [7, 11) is 0. The van der Waals surface area contributed by atoms with Gasteiger partial charge in [0, 0.05) is 25.6 Å². The number of pyridine rings is 1. The Bertz CT molecular complexity index is 402. The predicted molar refractivity (Wildman–Crippen MR) is 60.1 cm³/mol. The van der Waals surface area contributed by atoms with Crippen molar-refractivity contribution in [2.24, 2.45) is 0 Å². The predicted octanol–water partition coefficient (Wildman–Crippen LogP) is 0.636. The number of carbonyl (C=O) groups excluding carboxylic acids is 2. The summed E-state index contributed by atoms with van der Waals surface area (Å²) in [6.45, 7) is 2.53. The van der Waals surface area contributed by atoms with Gasteiger partial charge in [-0.25, -0.2) is 4.98 Å². The van der Waals surface area contributed by atoms with Gasteiger partial charge in [-0.1, -0.05) is 6.07 Å². The monoisotopic (exact) mass is 238 g/mol. The Morgan fingerprint density at radius 3 is 2.65 bits per heavy atom. The molecule has 2 N–H and O–H groups in total. The Kier molecular flexibility index (Phi) is 4.59. The van der Waals surface area contributed by atoms with Gasteiger partial charge in [-0.15, -0.1) is 0 Å². The highest BCUT2D eigenvalue weighted by molar-refractivity contribution is 5.87. The average molecular weight is 238 g/mol. The molecule has 0 fully saturated rings. The molecule has 1 aromatic heterocycles. The van der Waals surface area contributed by atoms with Crippen molar-refractivity contribution in [3.63, 3.8) is 0 Å². The summed E-state index contributed by atoms with van der Waals surface area (Å²) >= 11 is 0. The molecule has 1 atom stereocenters. The van der Waals surface area contributed by atoms with Crippen molar-refractivity contribution < 1.29 is 19.4 Å². The van der Waals surface area contributed by atoms with Crippen LogP contribution in [0.2, 0.25) is 0 Å². The van der Waals surface area contributed by atoms with E-state index in [-0.39, 0.29) is 12.5 Å². The van der Waals surface area contributed by atoms with Gasteiger partial charge < -0.3 is 15.2 Å². The highest BCUT2D eigenvalue weighted by Gasteiger charge is 2.09. The second-order valence-corrected chi connectivity index (χ2v) is 3.48. The molecule has 0 saturated carbocycles. The normalized spacial score (nSPS) is 11.7. The average Bonchev–Trinajstić information content (AvgIpc) is 2.26. The fourth-order valence-corrected chi connectivity index (χ4v) is 1.15. The number of carbonyl (C=O) groups is 2. The van der Waals surface area contributed by atoms with E-state index in [1.165, 1.54) is 20.0 Å². The fraction of sp³-hybridized carbons (Fsp3) is 0.364. The van der Waals surface area contributed by atoms with Gasteiger partial charge in [-0.3, -0.25) is 9.59 Å². The van der Waals surface area contributed by atoms with Gasteiger partial charge in [0.15, 0.2) is 0 Å². The van der Waals surface area contributed by atoms with Gasteiger partial charge in [0.1, 0.15) is 18.5 Å². The molecule has 0 aliphatic carbocycles. The van der Waals surface area contributed by atoms with Gasteiger partial charge in [-0.05, 0) is 6.07 Å². The zero-order chi connectivity index (χ0) is 12.8. The molecular weight excluding hydrogens is 224 g/mol. The Morgan fingerprint density at radius 1 is 1.47 bits per heavy atom. The van der Waals surface area contributed by atoms with Gasteiger partial charge in [0.2, 0.25) is 5.91 Å². The van der Waals surface area contributed by atoms with Crippen molar-refractivity contribution in [3.05, 3.63) is 23.9 Å². The zero-order valence-electron chi connectivity index (χ0n) is 9.64. The lowest BCUT2D eigenvalue weighted by Crippen LogP contribution is -2.11. The number of aromatic nitrogens is 1. The first-order chi connectivity index (χ1) is 7.99. The molecular formula is C11H14N2O4. The van der Waals surface area contributed by atoms with Gasteiger partial charge in [0.25, 0.3) is 0 Å². The molecule has 0 spiro atoms. The van der Waals surface area contributed by atoms with Crippen molar-refractivity contribution >= 4 is 17.7 Å². The van der Waals surface area contributed by atoms with Crippen LogP contribution < -0.4 is 5.32 Å². The number of esters is 1. The third kappa shape index (κ3) is 4.60. The van der Waals surface area contributed by atoms with Crippen LogP contribution in [-0.2, 0) is 14.3 Å². The van der Waals surface area contributed by atoms with E-state index in [2.05, 4.69) is 15.0 Å². The molecule has 6 heteroatoms. The van der Waals surface area contributed by atoms with Crippen LogP contribution >= 0.6 is 0 Å². The number of rotatable bonds is 4. The molecule has 0 radical (unpaired) electrons. The highest BCUT2D eigenvalue weighted by atomic mass is 16.5. The van der Waals surface area contributed by atoms with Crippen LogP contribution in [0.25, 0.3) is 0 Å².